The number of nitrogens with zero attached hydrogens (tertiary/aromatic N) is 4. The lowest BCUT2D eigenvalue weighted by atomic mass is 10.1. The molecule has 1 aliphatic heterocycles. The molecule has 0 aromatic rings. The van der Waals surface area contributed by atoms with E-state index in [0.29, 0.717) is 52.2 Å². The fourth-order valence-electron chi connectivity index (χ4n) is 3.88. The monoisotopic (exact) mass is 460 g/mol. The molecular formula is C20H36N4O8. The Morgan fingerprint density at radius 1 is 0.656 bits per heavy atom. The molecule has 32 heavy (non-hydrogen) atoms. The van der Waals surface area contributed by atoms with Crippen molar-refractivity contribution in [3.05, 3.63) is 0 Å². The third kappa shape index (κ3) is 11.9. The lowest BCUT2D eigenvalue weighted by Gasteiger charge is -2.37. The topological polar surface area (TPSA) is 162 Å². The summed E-state index contributed by atoms with van der Waals surface area (Å²) in [5.41, 5.74) is 0. The second kappa shape index (κ2) is 14.7. The van der Waals surface area contributed by atoms with Gasteiger partial charge in [-0.05, 0) is 6.42 Å². The lowest BCUT2D eigenvalue weighted by molar-refractivity contribution is -0.142. The van der Waals surface area contributed by atoms with Crippen LogP contribution in [-0.2, 0) is 19.2 Å². The van der Waals surface area contributed by atoms with Gasteiger partial charge in [0.05, 0.1) is 26.2 Å². The van der Waals surface area contributed by atoms with Crippen LogP contribution in [0.5, 0.6) is 0 Å². The Morgan fingerprint density at radius 2 is 1.06 bits per heavy atom. The summed E-state index contributed by atoms with van der Waals surface area (Å²) in [6.07, 6.45) is 2.41. The van der Waals surface area contributed by atoms with E-state index >= 15 is 0 Å². The zero-order valence-electron chi connectivity index (χ0n) is 18.7. The average Bonchev–Trinajstić information content (AvgIpc) is 2.67. The van der Waals surface area contributed by atoms with Gasteiger partial charge in [0, 0.05) is 51.9 Å². The van der Waals surface area contributed by atoms with Crippen LogP contribution >= 0.6 is 0 Å². The summed E-state index contributed by atoms with van der Waals surface area (Å²) in [4.78, 5) is 52.3. The van der Waals surface area contributed by atoms with Crippen molar-refractivity contribution in [1.29, 1.82) is 0 Å². The zero-order valence-corrected chi connectivity index (χ0v) is 18.7. The molecule has 0 bridgehead atoms. The minimum atomic E-state index is -1.01. The Bertz CT molecular complexity index is 633. The summed E-state index contributed by atoms with van der Waals surface area (Å²) in [5.74, 6) is -4.03. The maximum atomic E-state index is 11.5. The highest BCUT2D eigenvalue weighted by Gasteiger charge is 2.26. The third-order valence-corrected chi connectivity index (χ3v) is 5.46. The van der Waals surface area contributed by atoms with Gasteiger partial charge in [0.2, 0.25) is 0 Å². The number of hydrogen-bond acceptors (Lipinski definition) is 8. The lowest BCUT2D eigenvalue weighted by Crippen LogP contribution is -2.52. The van der Waals surface area contributed by atoms with Crippen LogP contribution in [0.3, 0.4) is 0 Å². The Balaban J connectivity index is 3.17. The highest BCUT2D eigenvalue weighted by atomic mass is 16.4. The van der Waals surface area contributed by atoms with Gasteiger partial charge in [-0.1, -0.05) is 19.8 Å². The van der Waals surface area contributed by atoms with Gasteiger partial charge in [0.25, 0.3) is 0 Å². The molecule has 12 heteroatoms. The van der Waals surface area contributed by atoms with Crippen LogP contribution in [0.4, 0.5) is 0 Å². The van der Waals surface area contributed by atoms with Gasteiger partial charge in [-0.25, -0.2) is 0 Å². The molecule has 0 spiro atoms. The van der Waals surface area contributed by atoms with E-state index in [9.17, 15) is 39.6 Å². The number of carboxylic acids is 4. The molecule has 1 aliphatic rings. The number of rotatable bonds is 11. The van der Waals surface area contributed by atoms with E-state index in [4.69, 9.17) is 0 Å². The molecule has 0 aromatic heterocycles. The third-order valence-electron chi connectivity index (χ3n) is 5.46. The number of carboxylic acid groups (broad SMARTS) is 4. The highest BCUT2D eigenvalue weighted by molar-refractivity contribution is 5.70. The first-order chi connectivity index (χ1) is 15.1. The van der Waals surface area contributed by atoms with Gasteiger partial charge < -0.3 is 20.4 Å². The number of aliphatic carboxylic acids is 4. The number of carbonyl (C=O) groups is 4. The standard InChI is InChI=1S/C20H36N4O8/c1-2-3-4-16-11-23(14-19(29)30)8-7-21(12-17(25)26)5-6-22(13-18(27)28)9-10-24(16)15-20(31)32/h16H,2-15H2,1H3,(H,25,26)(H,27,28)(H,29,30)(H,31,32). The maximum Gasteiger partial charge on any atom is 0.317 e. The fourth-order valence-corrected chi connectivity index (χ4v) is 3.88. The minimum absolute atomic E-state index is 0.218. The van der Waals surface area contributed by atoms with Crippen LogP contribution in [0.15, 0.2) is 0 Å². The van der Waals surface area contributed by atoms with Crippen molar-refractivity contribution in [1.82, 2.24) is 19.6 Å². The number of hydrogen-bond donors (Lipinski definition) is 4. The summed E-state index contributed by atoms with van der Waals surface area (Å²) in [5, 5.41) is 37.2. The molecule has 184 valence electrons. The summed E-state index contributed by atoms with van der Waals surface area (Å²) in [6.45, 7) is 3.29. The van der Waals surface area contributed by atoms with Gasteiger partial charge in [-0.3, -0.25) is 38.8 Å². The van der Waals surface area contributed by atoms with Crippen molar-refractivity contribution < 1.29 is 39.6 Å². The Kier molecular flexibility index (Phi) is 12.8. The van der Waals surface area contributed by atoms with E-state index in [-0.39, 0.29) is 32.2 Å². The molecule has 4 N–H and O–H groups in total. The molecule has 1 heterocycles. The van der Waals surface area contributed by atoms with Gasteiger partial charge in [0.1, 0.15) is 0 Å². The van der Waals surface area contributed by atoms with E-state index < -0.39 is 23.9 Å². The summed E-state index contributed by atoms with van der Waals surface area (Å²) in [6, 6.07) is -0.218. The Labute approximate surface area is 188 Å². The smallest absolute Gasteiger partial charge is 0.317 e. The molecule has 1 atom stereocenters. The van der Waals surface area contributed by atoms with Crippen LogP contribution in [-0.4, -0.2) is 142 Å². The van der Waals surface area contributed by atoms with Crippen molar-refractivity contribution in [2.45, 2.75) is 32.2 Å². The first-order valence-electron chi connectivity index (χ1n) is 10.9. The van der Waals surface area contributed by atoms with Crippen molar-refractivity contribution in [2.24, 2.45) is 0 Å². The largest absolute Gasteiger partial charge is 0.480 e. The van der Waals surface area contributed by atoms with E-state index in [1.165, 1.54) is 0 Å². The maximum absolute atomic E-state index is 11.5. The minimum Gasteiger partial charge on any atom is -0.480 e. The Morgan fingerprint density at radius 3 is 1.50 bits per heavy atom. The SMILES string of the molecule is CCCCC1CN(CC(=O)O)CCN(CC(=O)O)CCN(CC(=O)O)CCN1CC(=O)O. The van der Waals surface area contributed by atoms with E-state index in [2.05, 4.69) is 0 Å². The predicted octanol–water partition coefficient (Wildman–Crippen LogP) is -0.895. The zero-order chi connectivity index (χ0) is 24.1. The summed E-state index contributed by atoms with van der Waals surface area (Å²) >= 11 is 0. The predicted molar refractivity (Wildman–Crippen MR) is 115 cm³/mol. The van der Waals surface area contributed by atoms with E-state index in [0.717, 1.165) is 12.8 Å². The highest BCUT2D eigenvalue weighted by Crippen LogP contribution is 2.13. The van der Waals surface area contributed by atoms with Crippen molar-refractivity contribution in [3.63, 3.8) is 0 Å². The fraction of sp³-hybridized carbons (Fsp3) is 0.800. The molecular weight excluding hydrogens is 424 g/mol. The van der Waals surface area contributed by atoms with Crippen LogP contribution in [0.2, 0.25) is 0 Å². The normalized spacial score (nSPS) is 20.8. The molecule has 0 saturated carbocycles. The quantitative estimate of drug-likeness (QED) is 0.301. The molecule has 0 aromatic carbocycles. The first kappa shape index (κ1) is 27.8. The van der Waals surface area contributed by atoms with Crippen LogP contribution in [0.1, 0.15) is 26.2 Å². The second-order valence-corrected chi connectivity index (χ2v) is 8.13. The van der Waals surface area contributed by atoms with Gasteiger partial charge in [0.15, 0.2) is 0 Å². The molecule has 0 aliphatic carbocycles. The molecule has 1 unspecified atom stereocenters. The first-order valence-corrected chi connectivity index (χ1v) is 10.9. The van der Waals surface area contributed by atoms with E-state index in [1.54, 1.807) is 19.6 Å². The number of unbranched alkanes of at least 4 members (excludes halogenated alkanes) is 1. The van der Waals surface area contributed by atoms with Crippen molar-refractivity contribution in [3.8, 4) is 0 Å². The molecule has 1 saturated heterocycles. The van der Waals surface area contributed by atoms with Gasteiger partial charge in [-0.15, -0.1) is 0 Å². The molecule has 12 nitrogen and oxygen atoms in total. The molecule has 1 fully saturated rings. The molecule has 0 radical (unpaired) electrons. The van der Waals surface area contributed by atoms with Crippen LogP contribution in [0.25, 0.3) is 0 Å². The van der Waals surface area contributed by atoms with Crippen LogP contribution < -0.4 is 0 Å². The molecule has 1 rings (SSSR count). The average molecular weight is 461 g/mol. The summed E-state index contributed by atoms with van der Waals surface area (Å²) in [7, 11) is 0. The molecule has 0 amide bonds. The van der Waals surface area contributed by atoms with Crippen molar-refractivity contribution in [2.75, 3.05) is 72.0 Å². The van der Waals surface area contributed by atoms with Gasteiger partial charge >= 0.3 is 23.9 Å². The van der Waals surface area contributed by atoms with E-state index in [1.807, 2.05) is 6.92 Å². The summed E-state index contributed by atoms with van der Waals surface area (Å²) < 4.78 is 0. The van der Waals surface area contributed by atoms with Crippen molar-refractivity contribution >= 4 is 23.9 Å². The second-order valence-electron chi connectivity index (χ2n) is 8.13. The van der Waals surface area contributed by atoms with Crippen LogP contribution in [0, 0.1) is 0 Å². The Hall–Kier alpha value is -2.28. The van der Waals surface area contributed by atoms with Gasteiger partial charge in [-0.2, -0.15) is 0 Å².